The van der Waals surface area contributed by atoms with E-state index < -0.39 is 21.0 Å². The fraction of sp³-hybridized carbons (Fsp3) is 0.529. The van der Waals surface area contributed by atoms with Gasteiger partial charge in [0, 0.05) is 18.8 Å². The summed E-state index contributed by atoms with van der Waals surface area (Å²) in [7, 11) is -3.53. The number of rotatable bonds is 5. The van der Waals surface area contributed by atoms with Gasteiger partial charge in [0.05, 0.1) is 21.9 Å². The molecule has 1 saturated heterocycles. The summed E-state index contributed by atoms with van der Waals surface area (Å²) in [6.45, 7) is 5.05. The molecule has 1 aromatic carbocycles. The van der Waals surface area contributed by atoms with Gasteiger partial charge in [0.25, 0.3) is 0 Å². The Morgan fingerprint density at radius 1 is 1.29 bits per heavy atom. The van der Waals surface area contributed by atoms with E-state index in [2.05, 4.69) is 10.2 Å². The van der Waals surface area contributed by atoms with Gasteiger partial charge in [0.2, 0.25) is 5.91 Å². The summed E-state index contributed by atoms with van der Waals surface area (Å²) in [6.07, 6.45) is 3.08. The van der Waals surface area contributed by atoms with E-state index in [9.17, 15) is 13.2 Å². The first kappa shape index (κ1) is 18.3. The summed E-state index contributed by atoms with van der Waals surface area (Å²) in [5, 5.41) is 10.6. The Morgan fingerprint density at radius 3 is 2.54 bits per heavy atom. The number of nitrogens with zero attached hydrogens (tertiary/aromatic N) is 2. The smallest absolute Gasteiger partial charge is 0.238 e. The van der Waals surface area contributed by atoms with Gasteiger partial charge in [-0.2, -0.15) is 5.26 Å². The van der Waals surface area contributed by atoms with Crippen molar-refractivity contribution in [3.8, 4) is 6.07 Å². The number of hydrogen-bond acceptors (Lipinski definition) is 5. The number of carbonyl (C=O) groups excluding carboxylic acids is 1. The second kappa shape index (κ2) is 7.67. The lowest BCUT2D eigenvalue weighted by Gasteiger charge is -2.29. The van der Waals surface area contributed by atoms with E-state index in [1.807, 2.05) is 0 Å². The summed E-state index contributed by atoms with van der Waals surface area (Å²) < 4.78 is 25.1. The van der Waals surface area contributed by atoms with Gasteiger partial charge in [-0.15, -0.1) is 0 Å². The molecule has 1 heterocycles. The van der Waals surface area contributed by atoms with Crippen LogP contribution in [0.4, 0.5) is 11.4 Å². The van der Waals surface area contributed by atoms with E-state index in [1.165, 1.54) is 6.42 Å². The van der Waals surface area contributed by atoms with E-state index in [0.717, 1.165) is 31.6 Å². The zero-order chi connectivity index (χ0) is 17.7. The molecule has 0 radical (unpaired) electrons. The van der Waals surface area contributed by atoms with Crippen LogP contribution in [0.1, 0.15) is 39.5 Å². The first-order chi connectivity index (χ1) is 11.4. The number of sulfone groups is 1. The van der Waals surface area contributed by atoms with Gasteiger partial charge in [-0.25, -0.2) is 8.42 Å². The number of carbonyl (C=O) groups is 1. The molecule has 0 spiro atoms. The minimum atomic E-state index is -3.53. The normalized spacial score (nSPS) is 15.2. The molecule has 0 saturated carbocycles. The molecule has 1 N–H and O–H groups in total. The predicted molar refractivity (Wildman–Crippen MR) is 93.7 cm³/mol. The quantitative estimate of drug-likeness (QED) is 0.882. The molecule has 0 bridgehead atoms. The Kier molecular flexibility index (Phi) is 5.84. The molecular formula is C17H23N3O3S. The minimum absolute atomic E-state index is 0.101. The molecule has 1 fully saturated rings. The van der Waals surface area contributed by atoms with E-state index in [-0.39, 0.29) is 17.0 Å². The topological polar surface area (TPSA) is 90.3 Å². The van der Waals surface area contributed by atoms with Crippen LogP contribution in [-0.4, -0.2) is 32.7 Å². The molecule has 0 aliphatic carbocycles. The van der Waals surface area contributed by atoms with Crippen LogP contribution in [0.5, 0.6) is 0 Å². The monoisotopic (exact) mass is 349 g/mol. The Balaban J connectivity index is 2.43. The van der Waals surface area contributed by atoms with Crippen molar-refractivity contribution in [3.63, 3.8) is 0 Å². The minimum Gasteiger partial charge on any atom is -0.371 e. The fourth-order valence-corrected chi connectivity index (χ4v) is 3.91. The molecule has 0 unspecified atom stereocenters. The molecule has 1 aliphatic heterocycles. The van der Waals surface area contributed by atoms with Gasteiger partial charge in [-0.3, -0.25) is 4.79 Å². The second-order valence-electron chi connectivity index (χ2n) is 6.21. The van der Waals surface area contributed by atoms with Crippen LogP contribution in [-0.2, 0) is 14.6 Å². The number of nitriles is 1. The highest BCUT2D eigenvalue weighted by Crippen LogP contribution is 2.31. The zero-order valence-corrected chi connectivity index (χ0v) is 14.9. The lowest BCUT2D eigenvalue weighted by atomic mass is 10.1. The third-order valence-electron chi connectivity index (χ3n) is 4.13. The summed E-state index contributed by atoms with van der Waals surface area (Å²) >= 11 is 0. The average molecular weight is 349 g/mol. The first-order valence-corrected chi connectivity index (χ1v) is 9.70. The highest BCUT2D eigenvalue weighted by atomic mass is 32.2. The number of piperidine rings is 1. The Labute approximate surface area is 143 Å². The molecule has 1 aliphatic rings. The number of nitrogens with one attached hydrogen (secondary N) is 1. The van der Waals surface area contributed by atoms with Gasteiger partial charge in [-0.1, -0.05) is 0 Å². The Morgan fingerprint density at radius 2 is 1.96 bits per heavy atom. The molecular weight excluding hydrogens is 326 g/mol. The van der Waals surface area contributed by atoms with E-state index >= 15 is 0 Å². The van der Waals surface area contributed by atoms with E-state index in [1.54, 1.807) is 38.1 Å². The van der Waals surface area contributed by atoms with Crippen molar-refractivity contribution >= 4 is 27.1 Å². The lowest BCUT2D eigenvalue weighted by molar-refractivity contribution is -0.115. The second-order valence-corrected chi connectivity index (χ2v) is 8.68. The van der Waals surface area contributed by atoms with Gasteiger partial charge in [0.1, 0.15) is 6.42 Å². The van der Waals surface area contributed by atoms with Crippen LogP contribution in [0.3, 0.4) is 0 Å². The van der Waals surface area contributed by atoms with Gasteiger partial charge in [0.15, 0.2) is 9.84 Å². The van der Waals surface area contributed by atoms with E-state index in [0.29, 0.717) is 0 Å². The molecule has 1 aromatic rings. The largest absolute Gasteiger partial charge is 0.371 e. The van der Waals surface area contributed by atoms with Gasteiger partial charge >= 0.3 is 0 Å². The molecule has 0 atom stereocenters. The highest BCUT2D eigenvalue weighted by Gasteiger charge is 2.24. The summed E-state index contributed by atoms with van der Waals surface area (Å²) in [6, 6.07) is 6.83. The first-order valence-electron chi connectivity index (χ1n) is 8.16. The standard InChI is InChI=1S/C17H23N3O3S/c1-13(2)24(22,23)16-7-6-14(20-10-4-3-5-11-20)12-15(16)19-17(21)8-9-18/h6-7,12-13H,3-5,8,10-11H2,1-2H3,(H,19,21). The summed E-state index contributed by atoms with van der Waals surface area (Å²) in [4.78, 5) is 14.1. The van der Waals surface area contributed by atoms with Crippen LogP contribution in [0.15, 0.2) is 23.1 Å². The van der Waals surface area contributed by atoms with Gasteiger partial charge < -0.3 is 10.2 Å². The van der Waals surface area contributed by atoms with Crippen molar-refractivity contribution in [2.24, 2.45) is 0 Å². The zero-order valence-electron chi connectivity index (χ0n) is 14.1. The maximum atomic E-state index is 12.5. The Bertz CT molecular complexity index is 745. The number of hydrogen-bond donors (Lipinski definition) is 1. The lowest BCUT2D eigenvalue weighted by Crippen LogP contribution is -2.29. The molecule has 7 heteroatoms. The molecule has 1 amide bonds. The highest BCUT2D eigenvalue weighted by molar-refractivity contribution is 7.92. The summed E-state index contributed by atoms with van der Waals surface area (Å²) in [5.74, 6) is -0.506. The molecule has 2 rings (SSSR count). The molecule has 6 nitrogen and oxygen atoms in total. The third kappa shape index (κ3) is 4.06. The fourth-order valence-electron chi connectivity index (χ4n) is 2.73. The van der Waals surface area contributed by atoms with Crippen LogP contribution in [0.25, 0.3) is 0 Å². The van der Waals surface area contributed by atoms with Crippen LogP contribution in [0.2, 0.25) is 0 Å². The van der Waals surface area contributed by atoms with Crippen molar-refractivity contribution in [3.05, 3.63) is 18.2 Å². The molecule has 130 valence electrons. The van der Waals surface area contributed by atoms with Crippen LogP contribution >= 0.6 is 0 Å². The van der Waals surface area contributed by atoms with Crippen LogP contribution < -0.4 is 10.2 Å². The maximum Gasteiger partial charge on any atom is 0.238 e. The van der Waals surface area contributed by atoms with E-state index in [4.69, 9.17) is 5.26 Å². The van der Waals surface area contributed by atoms with Crippen LogP contribution in [0, 0.1) is 11.3 Å². The number of amides is 1. The Hall–Kier alpha value is -2.07. The van der Waals surface area contributed by atoms with Crippen molar-refractivity contribution in [1.29, 1.82) is 5.26 Å². The van der Waals surface area contributed by atoms with Crippen molar-refractivity contribution in [2.45, 2.75) is 49.7 Å². The third-order valence-corrected chi connectivity index (χ3v) is 6.34. The van der Waals surface area contributed by atoms with Crippen molar-refractivity contribution in [1.82, 2.24) is 0 Å². The molecule has 0 aromatic heterocycles. The number of benzene rings is 1. The van der Waals surface area contributed by atoms with Crippen molar-refractivity contribution < 1.29 is 13.2 Å². The number of anilines is 2. The SMILES string of the molecule is CC(C)S(=O)(=O)c1ccc(N2CCCCC2)cc1NC(=O)CC#N. The predicted octanol–water partition coefficient (Wildman–Crippen LogP) is 2.71. The average Bonchev–Trinajstić information content (AvgIpc) is 2.55. The summed E-state index contributed by atoms with van der Waals surface area (Å²) in [5.41, 5.74) is 1.15. The van der Waals surface area contributed by atoms with Crippen molar-refractivity contribution in [2.75, 3.05) is 23.3 Å². The van der Waals surface area contributed by atoms with Gasteiger partial charge in [-0.05, 0) is 51.3 Å². The maximum absolute atomic E-state index is 12.5. The molecule has 24 heavy (non-hydrogen) atoms.